The highest BCUT2D eigenvalue weighted by Gasteiger charge is 2.01. The first-order chi connectivity index (χ1) is 13.3. The van der Waals surface area contributed by atoms with Crippen LogP contribution in [0.4, 0.5) is 5.82 Å². The Labute approximate surface area is 161 Å². The van der Waals surface area contributed by atoms with Crippen molar-refractivity contribution in [1.29, 1.82) is 0 Å². The van der Waals surface area contributed by atoms with E-state index in [0.29, 0.717) is 0 Å². The second kappa shape index (κ2) is 9.93. The molecule has 2 aromatic carbocycles. The van der Waals surface area contributed by atoms with Crippen molar-refractivity contribution in [3.8, 4) is 0 Å². The van der Waals surface area contributed by atoms with E-state index in [-0.39, 0.29) is 5.43 Å². The molecule has 0 amide bonds. The van der Waals surface area contributed by atoms with Crippen molar-refractivity contribution in [3.05, 3.63) is 75.9 Å². The average Bonchev–Trinajstić information content (AvgIpc) is 2.70. The highest BCUT2D eigenvalue weighted by atomic mass is 16.1. The fourth-order valence-electron chi connectivity index (χ4n) is 3.17. The third kappa shape index (κ3) is 5.69. The minimum absolute atomic E-state index is 0.0485. The monoisotopic (exact) mass is 363 g/mol. The zero-order valence-electron chi connectivity index (χ0n) is 16.1. The maximum atomic E-state index is 12.1. The molecule has 0 aliphatic rings. The SMILES string of the molecule is CCCCc1ccc(CNCCCNc2cc(=O)c3ccccc3[nH]2)cc1. The zero-order chi connectivity index (χ0) is 18.9. The lowest BCUT2D eigenvalue weighted by Gasteiger charge is -2.09. The van der Waals surface area contributed by atoms with Gasteiger partial charge in [-0.2, -0.15) is 0 Å². The third-order valence-electron chi connectivity index (χ3n) is 4.75. The van der Waals surface area contributed by atoms with Gasteiger partial charge in [-0.15, -0.1) is 0 Å². The Hall–Kier alpha value is -2.59. The van der Waals surface area contributed by atoms with Crippen LogP contribution in [0.15, 0.2) is 59.4 Å². The van der Waals surface area contributed by atoms with Gasteiger partial charge in [-0.1, -0.05) is 49.7 Å². The smallest absolute Gasteiger partial charge is 0.191 e. The number of H-pyrrole nitrogens is 1. The zero-order valence-corrected chi connectivity index (χ0v) is 16.1. The van der Waals surface area contributed by atoms with Crippen LogP contribution in [-0.2, 0) is 13.0 Å². The quantitative estimate of drug-likeness (QED) is 0.466. The summed E-state index contributed by atoms with van der Waals surface area (Å²) in [5.41, 5.74) is 3.66. The largest absolute Gasteiger partial charge is 0.371 e. The molecule has 0 fully saturated rings. The first kappa shape index (κ1) is 19.2. The first-order valence-electron chi connectivity index (χ1n) is 9.91. The van der Waals surface area contributed by atoms with Crippen LogP contribution in [0.25, 0.3) is 10.9 Å². The Balaban J connectivity index is 1.38. The van der Waals surface area contributed by atoms with E-state index in [2.05, 4.69) is 46.8 Å². The number of para-hydroxylation sites is 1. The van der Waals surface area contributed by atoms with Crippen LogP contribution in [-0.4, -0.2) is 18.1 Å². The summed E-state index contributed by atoms with van der Waals surface area (Å²) >= 11 is 0. The van der Waals surface area contributed by atoms with Crippen molar-refractivity contribution in [2.24, 2.45) is 0 Å². The number of fused-ring (bicyclic) bond motifs is 1. The highest BCUT2D eigenvalue weighted by molar-refractivity contribution is 5.79. The van der Waals surface area contributed by atoms with Crippen LogP contribution < -0.4 is 16.1 Å². The Kier molecular flexibility index (Phi) is 7.05. The summed E-state index contributed by atoms with van der Waals surface area (Å²) in [6.07, 6.45) is 4.66. The average molecular weight is 364 g/mol. The van der Waals surface area contributed by atoms with Gasteiger partial charge >= 0.3 is 0 Å². The number of aromatic nitrogens is 1. The lowest BCUT2D eigenvalue weighted by atomic mass is 10.1. The summed E-state index contributed by atoms with van der Waals surface area (Å²) in [5.74, 6) is 0.779. The second-order valence-corrected chi connectivity index (χ2v) is 6.97. The highest BCUT2D eigenvalue weighted by Crippen LogP contribution is 2.10. The lowest BCUT2D eigenvalue weighted by molar-refractivity contribution is 0.662. The number of hydrogen-bond donors (Lipinski definition) is 3. The standard InChI is InChI=1S/C23H29N3O/c1-2-3-7-18-10-12-19(13-11-18)17-24-14-6-15-25-23-16-22(27)20-8-4-5-9-21(20)26-23/h4-5,8-13,16,24H,2-3,6-7,14-15,17H2,1H3,(H2,25,26,27). The minimum atomic E-state index is 0.0485. The predicted octanol–water partition coefficient (Wildman–Crippen LogP) is 4.46. The summed E-state index contributed by atoms with van der Waals surface area (Å²) in [6.45, 7) is 4.87. The van der Waals surface area contributed by atoms with Crippen molar-refractivity contribution >= 4 is 16.7 Å². The van der Waals surface area contributed by atoms with Crippen molar-refractivity contribution in [1.82, 2.24) is 10.3 Å². The van der Waals surface area contributed by atoms with Crippen LogP contribution in [0.3, 0.4) is 0 Å². The molecule has 4 heteroatoms. The van der Waals surface area contributed by atoms with Gasteiger partial charge in [0.2, 0.25) is 0 Å². The number of anilines is 1. The predicted molar refractivity (Wildman–Crippen MR) is 114 cm³/mol. The Bertz CT molecular complexity index is 899. The molecule has 3 aromatic rings. The van der Waals surface area contributed by atoms with Crippen LogP contribution in [0.2, 0.25) is 0 Å². The second-order valence-electron chi connectivity index (χ2n) is 6.97. The molecule has 0 saturated carbocycles. The van der Waals surface area contributed by atoms with Crippen LogP contribution in [0, 0.1) is 0 Å². The van der Waals surface area contributed by atoms with Crippen molar-refractivity contribution in [2.75, 3.05) is 18.4 Å². The molecule has 0 bridgehead atoms. The summed E-state index contributed by atoms with van der Waals surface area (Å²) in [6, 6.07) is 18.1. The van der Waals surface area contributed by atoms with Crippen LogP contribution >= 0.6 is 0 Å². The molecule has 0 aliphatic carbocycles. The molecule has 0 aliphatic heterocycles. The van der Waals surface area contributed by atoms with E-state index in [1.165, 1.54) is 30.4 Å². The summed E-state index contributed by atoms with van der Waals surface area (Å²) < 4.78 is 0. The van der Waals surface area contributed by atoms with E-state index in [9.17, 15) is 4.79 Å². The summed E-state index contributed by atoms with van der Waals surface area (Å²) in [7, 11) is 0. The fraction of sp³-hybridized carbons (Fsp3) is 0.348. The van der Waals surface area contributed by atoms with Gasteiger partial charge in [0, 0.05) is 24.5 Å². The minimum Gasteiger partial charge on any atom is -0.371 e. The number of hydrogen-bond acceptors (Lipinski definition) is 3. The maximum Gasteiger partial charge on any atom is 0.191 e. The van der Waals surface area contributed by atoms with E-state index in [1.807, 2.05) is 24.3 Å². The third-order valence-corrected chi connectivity index (χ3v) is 4.75. The first-order valence-corrected chi connectivity index (χ1v) is 9.91. The Morgan fingerprint density at radius 1 is 0.926 bits per heavy atom. The Morgan fingerprint density at radius 2 is 1.70 bits per heavy atom. The van der Waals surface area contributed by atoms with Crippen molar-refractivity contribution < 1.29 is 0 Å². The maximum absolute atomic E-state index is 12.1. The molecule has 0 unspecified atom stereocenters. The lowest BCUT2D eigenvalue weighted by Crippen LogP contribution is -2.18. The molecule has 27 heavy (non-hydrogen) atoms. The van der Waals surface area contributed by atoms with Gasteiger partial charge in [0.1, 0.15) is 5.82 Å². The van der Waals surface area contributed by atoms with Gasteiger partial charge in [-0.3, -0.25) is 4.79 Å². The van der Waals surface area contributed by atoms with Crippen molar-refractivity contribution in [2.45, 2.75) is 39.2 Å². The summed E-state index contributed by atoms with van der Waals surface area (Å²) in [4.78, 5) is 15.4. The number of aryl methyl sites for hydroxylation is 1. The molecule has 1 heterocycles. The Morgan fingerprint density at radius 3 is 2.52 bits per heavy atom. The molecule has 4 nitrogen and oxygen atoms in total. The molecule has 1 aromatic heterocycles. The van der Waals surface area contributed by atoms with Crippen LogP contribution in [0.1, 0.15) is 37.3 Å². The summed E-state index contributed by atoms with van der Waals surface area (Å²) in [5, 5.41) is 7.51. The van der Waals surface area contributed by atoms with Gasteiger partial charge < -0.3 is 15.6 Å². The van der Waals surface area contributed by atoms with E-state index in [0.717, 1.165) is 42.8 Å². The van der Waals surface area contributed by atoms with Gasteiger partial charge in [-0.05, 0) is 49.1 Å². The normalized spacial score (nSPS) is 11.0. The molecule has 0 saturated heterocycles. The molecular formula is C23H29N3O. The molecule has 0 spiro atoms. The molecule has 0 atom stereocenters. The number of pyridine rings is 1. The molecular weight excluding hydrogens is 334 g/mol. The van der Waals surface area contributed by atoms with E-state index in [4.69, 9.17) is 0 Å². The van der Waals surface area contributed by atoms with Gasteiger partial charge in [0.15, 0.2) is 5.43 Å². The molecule has 3 N–H and O–H groups in total. The molecule has 142 valence electrons. The van der Waals surface area contributed by atoms with Crippen LogP contribution in [0.5, 0.6) is 0 Å². The molecule has 3 rings (SSSR count). The number of aromatic amines is 1. The number of nitrogens with one attached hydrogen (secondary N) is 3. The van der Waals surface area contributed by atoms with E-state index < -0.39 is 0 Å². The van der Waals surface area contributed by atoms with Gasteiger partial charge in [0.05, 0.1) is 5.52 Å². The fourth-order valence-corrected chi connectivity index (χ4v) is 3.17. The number of benzene rings is 2. The topological polar surface area (TPSA) is 56.9 Å². The number of rotatable bonds is 10. The van der Waals surface area contributed by atoms with Gasteiger partial charge in [-0.25, -0.2) is 0 Å². The van der Waals surface area contributed by atoms with E-state index >= 15 is 0 Å². The van der Waals surface area contributed by atoms with Gasteiger partial charge in [0.25, 0.3) is 0 Å². The van der Waals surface area contributed by atoms with E-state index in [1.54, 1.807) is 6.07 Å². The molecule has 0 radical (unpaired) electrons. The number of unbranched alkanes of at least 4 members (excludes halogenated alkanes) is 1. The van der Waals surface area contributed by atoms with Crippen molar-refractivity contribution in [3.63, 3.8) is 0 Å².